The van der Waals surface area contributed by atoms with Crippen LogP contribution in [0.2, 0.25) is 0 Å². The Morgan fingerprint density at radius 3 is 2.49 bits per heavy atom. The standard InChI is InChI=1S/C33H30FN3O4/c1-40-31-13-20-8-7-19-12-27(24-9-10-35-17-29(24)34)28(14-25(19)26(20)15-32(31)41-2)33(39)37-22(18-38)11-21-16-36-30-6-4-3-5-23(21)30/h3-6,9-10,12-17,22,36,38H,7-8,11,18H2,1-2H3,(H,37,39)/t22-/m1/s1. The first kappa shape index (κ1) is 26.5. The summed E-state index contributed by atoms with van der Waals surface area (Å²) in [5.74, 6) is 0.326. The number of aromatic amines is 1. The van der Waals surface area contributed by atoms with Crippen molar-refractivity contribution in [3.63, 3.8) is 0 Å². The number of para-hydroxylation sites is 1. The Hall–Kier alpha value is -4.69. The van der Waals surface area contributed by atoms with Crippen LogP contribution in [-0.4, -0.2) is 47.8 Å². The number of aliphatic hydroxyl groups is 1. The Morgan fingerprint density at radius 2 is 1.73 bits per heavy atom. The van der Waals surface area contributed by atoms with E-state index >= 15 is 4.39 Å². The monoisotopic (exact) mass is 551 g/mol. The molecule has 3 N–H and O–H groups in total. The van der Waals surface area contributed by atoms with E-state index in [-0.39, 0.29) is 6.61 Å². The highest BCUT2D eigenvalue weighted by atomic mass is 19.1. The molecule has 208 valence electrons. The predicted molar refractivity (Wildman–Crippen MR) is 156 cm³/mol. The molecule has 1 aliphatic carbocycles. The number of hydrogen-bond acceptors (Lipinski definition) is 5. The first-order valence-corrected chi connectivity index (χ1v) is 13.5. The molecule has 3 aromatic carbocycles. The van der Waals surface area contributed by atoms with E-state index in [9.17, 15) is 9.90 Å². The summed E-state index contributed by atoms with van der Waals surface area (Å²) in [6.45, 7) is -0.255. The van der Waals surface area contributed by atoms with Gasteiger partial charge in [-0.05, 0) is 89.0 Å². The Bertz CT molecular complexity index is 1760. The molecule has 2 aromatic heterocycles. The molecule has 0 aliphatic heterocycles. The summed E-state index contributed by atoms with van der Waals surface area (Å²) in [4.78, 5) is 21.0. The van der Waals surface area contributed by atoms with Crippen molar-refractivity contribution in [3.05, 3.63) is 101 Å². The molecule has 5 aromatic rings. The average molecular weight is 552 g/mol. The van der Waals surface area contributed by atoms with E-state index < -0.39 is 17.8 Å². The van der Waals surface area contributed by atoms with E-state index in [2.05, 4.69) is 15.3 Å². The van der Waals surface area contributed by atoms with Crippen molar-refractivity contribution in [2.24, 2.45) is 0 Å². The van der Waals surface area contributed by atoms with Crippen LogP contribution in [-0.2, 0) is 19.3 Å². The summed E-state index contributed by atoms with van der Waals surface area (Å²) in [6, 6.07) is 16.5. The maximum atomic E-state index is 15.0. The van der Waals surface area contributed by atoms with Gasteiger partial charge in [0.2, 0.25) is 0 Å². The van der Waals surface area contributed by atoms with Crippen LogP contribution in [0.1, 0.15) is 27.0 Å². The largest absolute Gasteiger partial charge is 0.493 e. The van der Waals surface area contributed by atoms with Crippen LogP contribution in [0.25, 0.3) is 33.2 Å². The zero-order chi connectivity index (χ0) is 28.5. The third-order valence-corrected chi connectivity index (χ3v) is 7.81. The Labute approximate surface area is 237 Å². The fourth-order valence-electron chi connectivity index (χ4n) is 5.74. The summed E-state index contributed by atoms with van der Waals surface area (Å²) in [7, 11) is 3.19. The number of aliphatic hydroxyl groups excluding tert-OH is 1. The van der Waals surface area contributed by atoms with E-state index in [0.29, 0.717) is 34.6 Å². The number of carbonyl (C=O) groups excluding carboxylic acids is 1. The number of nitrogens with one attached hydrogen (secondary N) is 2. The first-order chi connectivity index (χ1) is 20.0. The van der Waals surface area contributed by atoms with Crippen molar-refractivity contribution >= 4 is 16.8 Å². The van der Waals surface area contributed by atoms with Gasteiger partial charge in [-0.1, -0.05) is 18.2 Å². The van der Waals surface area contributed by atoms with Gasteiger partial charge in [0.15, 0.2) is 11.5 Å². The lowest BCUT2D eigenvalue weighted by Gasteiger charge is -2.25. The van der Waals surface area contributed by atoms with Crippen molar-refractivity contribution in [2.75, 3.05) is 20.8 Å². The maximum absolute atomic E-state index is 15.0. The van der Waals surface area contributed by atoms with Crippen molar-refractivity contribution in [3.8, 4) is 33.8 Å². The lowest BCUT2D eigenvalue weighted by molar-refractivity contribution is 0.0917. The van der Waals surface area contributed by atoms with Gasteiger partial charge in [-0.25, -0.2) is 4.39 Å². The molecule has 0 saturated carbocycles. The highest BCUT2D eigenvalue weighted by molar-refractivity contribution is 6.03. The molecule has 1 amide bonds. The second-order valence-electron chi connectivity index (χ2n) is 10.2. The minimum absolute atomic E-state index is 0.255. The van der Waals surface area contributed by atoms with E-state index in [1.165, 1.54) is 6.20 Å². The lowest BCUT2D eigenvalue weighted by atomic mass is 9.82. The smallest absolute Gasteiger partial charge is 0.252 e. The summed E-state index contributed by atoms with van der Waals surface area (Å²) >= 11 is 0. The fraction of sp³-hybridized carbons (Fsp3) is 0.212. The van der Waals surface area contributed by atoms with E-state index in [1.807, 2.05) is 54.7 Å². The second-order valence-corrected chi connectivity index (χ2v) is 10.2. The van der Waals surface area contributed by atoms with Crippen LogP contribution in [0.4, 0.5) is 4.39 Å². The summed E-state index contributed by atoms with van der Waals surface area (Å²) in [5, 5.41) is 14.3. The number of amides is 1. The molecular formula is C33H30FN3O4. The molecule has 0 saturated heterocycles. The van der Waals surface area contributed by atoms with Gasteiger partial charge in [0, 0.05) is 34.4 Å². The Balaban J connectivity index is 1.42. The number of pyridine rings is 1. The highest BCUT2D eigenvalue weighted by Crippen LogP contribution is 2.43. The van der Waals surface area contributed by atoms with Gasteiger partial charge in [0.1, 0.15) is 5.82 Å². The quantitative estimate of drug-likeness (QED) is 0.237. The topological polar surface area (TPSA) is 96.5 Å². The van der Waals surface area contributed by atoms with Gasteiger partial charge in [0.25, 0.3) is 5.91 Å². The third kappa shape index (κ3) is 4.91. The molecule has 0 radical (unpaired) electrons. The number of carbonyl (C=O) groups is 1. The van der Waals surface area contributed by atoms with E-state index in [4.69, 9.17) is 9.47 Å². The van der Waals surface area contributed by atoms with Crippen molar-refractivity contribution in [1.82, 2.24) is 15.3 Å². The van der Waals surface area contributed by atoms with Crippen LogP contribution in [0, 0.1) is 5.82 Å². The number of hydrogen-bond donors (Lipinski definition) is 3. The molecule has 0 unspecified atom stereocenters. The number of aryl methyl sites for hydroxylation is 2. The normalized spacial score (nSPS) is 12.9. The highest BCUT2D eigenvalue weighted by Gasteiger charge is 2.26. The molecule has 8 heteroatoms. The average Bonchev–Trinajstić information content (AvgIpc) is 3.42. The SMILES string of the molecule is COc1cc2c(cc1OC)-c1cc(C(=O)N[C@@H](CO)Cc3c[nH]c4ccccc34)c(-c3ccncc3F)cc1CC2. The van der Waals surface area contributed by atoms with Gasteiger partial charge in [-0.2, -0.15) is 0 Å². The molecule has 0 fully saturated rings. The number of benzene rings is 3. The number of rotatable bonds is 8. The van der Waals surface area contributed by atoms with Gasteiger partial charge in [-0.3, -0.25) is 9.78 Å². The predicted octanol–water partition coefficient (Wildman–Crippen LogP) is 5.49. The number of fused-ring (bicyclic) bond motifs is 4. The number of H-pyrrole nitrogens is 1. The molecule has 6 rings (SSSR count). The minimum Gasteiger partial charge on any atom is -0.493 e. The maximum Gasteiger partial charge on any atom is 0.252 e. The summed E-state index contributed by atoms with van der Waals surface area (Å²) in [6.07, 6.45) is 6.48. The summed E-state index contributed by atoms with van der Waals surface area (Å²) in [5.41, 5.74) is 6.97. The Morgan fingerprint density at radius 1 is 1.00 bits per heavy atom. The molecule has 7 nitrogen and oxygen atoms in total. The van der Waals surface area contributed by atoms with E-state index in [0.717, 1.165) is 57.8 Å². The molecule has 0 spiro atoms. The minimum atomic E-state index is -0.551. The molecule has 2 heterocycles. The third-order valence-electron chi connectivity index (χ3n) is 7.81. The molecule has 1 aliphatic rings. The van der Waals surface area contributed by atoms with Gasteiger partial charge < -0.3 is 24.9 Å². The Kier molecular flexibility index (Phi) is 7.15. The molecule has 0 bridgehead atoms. The van der Waals surface area contributed by atoms with Crippen molar-refractivity contribution in [2.45, 2.75) is 25.3 Å². The number of methoxy groups -OCH3 is 2. The van der Waals surface area contributed by atoms with Crippen molar-refractivity contribution < 1.29 is 23.8 Å². The van der Waals surface area contributed by atoms with Gasteiger partial charge in [-0.15, -0.1) is 0 Å². The van der Waals surface area contributed by atoms with Crippen LogP contribution >= 0.6 is 0 Å². The van der Waals surface area contributed by atoms with Crippen LogP contribution in [0.5, 0.6) is 11.5 Å². The number of halogens is 1. The van der Waals surface area contributed by atoms with Crippen LogP contribution < -0.4 is 14.8 Å². The first-order valence-electron chi connectivity index (χ1n) is 13.5. The number of aromatic nitrogens is 2. The van der Waals surface area contributed by atoms with Crippen molar-refractivity contribution in [1.29, 1.82) is 0 Å². The molecule has 41 heavy (non-hydrogen) atoms. The lowest BCUT2D eigenvalue weighted by Crippen LogP contribution is -2.39. The second kappa shape index (κ2) is 11.1. The van der Waals surface area contributed by atoms with Gasteiger partial charge >= 0.3 is 0 Å². The zero-order valence-electron chi connectivity index (χ0n) is 22.8. The van der Waals surface area contributed by atoms with Crippen LogP contribution in [0.15, 0.2) is 73.2 Å². The molecular weight excluding hydrogens is 521 g/mol. The number of nitrogens with zero attached hydrogens (tertiary/aromatic N) is 1. The zero-order valence-corrected chi connectivity index (χ0v) is 22.8. The van der Waals surface area contributed by atoms with E-state index in [1.54, 1.807) is 20.3 Å². The van der Waals surface area contributed by atoms with Gasteiger partial charge in [0.05, 0.1) is 33.1 Å². The fourth-order valence-corrected chi connectivity index (χ4v) is 5.74. The number of ether oxygens (including phenoxy) is 2. The van der Waals surface area contributed by atoms with Crippen LogP contribution in [0.3, 0.4) is 0 Å². The molecule has 1 atom stereocenters. The summed E-state index contributed by atoms with van der Waals surface area (Å²) < 4.78 is 26.1.